The number of amides is 1. The number of nitrogens with zero attached hydrogens (tertiary/aromatic N) is 3. The van der Waals surface area contributed by atoms with Gasteiger partial charge in [-0.25, -0.2) is 4.98 Å². The van der Waals surface area contributed by atoms with Crippen LogP contribution in [0.5, 0.6) is 0 Å². The Labute approximate surface area is 141 Å². The minimum Gasteiger partial charge on any atom is -0.335 e. The quantitative estimate of drug-likeness (QED) is 0.830. The SMILES string of the molecule is CN1CCN(C(=O)c2sc(-c3ccccc3)nc2C(F)(F)F)CC1. The predicted molar refractivity (Wildman–Crippen MR) is 86.0 cm³/mol. The maximum atomic E-state index is 13.3. The third kappa shape index (κ3) is 3.44. The lowest BCUT2D eigenvalue weighted by molar-refractivity contribution is -0.141. The molecule has 0 N–H and O–H groups in total. The Kier molecular flexibility index (Phi) is 4.60. The fourth-order valence-electron chi connectivity index (χ4n) is 2.51. The van der Waals surface area contributed by atoms with Crippen LogP contribution in [0.2, 0.25) is 0 Å². The second-order valence-corrected chi connectivity index (χ2v) is 6.66. The summed E-state index contributed by atoms with van der Waals surface area (Å²) in [6.45, 7) is 2.14. The zero-order valence-corrected chi connectivity index (χ0v) is 13.8. The average Bonchev–Trinajstić information content (AvgIpc) is 3.01. The van der Waals surface area contributed by atoms with Gasteiger partial charge in [0.15, 0.2) is 5.69 Å². The molecule has 2 aromatic rings. The van der Waals surface area contributed by atoms with Gasteiger partial charge >= 0.3 is 6.18 Å². The van der Waals surface area contributed by atoms with Crippen molar-refractivity contribution in [1.82, 2.24) is 14.8 Å². The molecule has 0 aliphatic carbocycles. The van der Waals surface area contributed by atoms with Gasteiger partial charge in [0.05, 0.1) is 0 Å². The monoisotopic (exact) mass is 355 g/mol. The molecular weight excluding hydrogens is 339 g/mol. The largest absolute Gasteiger partial charge is 0.435 e. The van der Waals surface area contributed by atoms with E-state index in [9.17, 15) is 18.0 Å². The molecule has 1 saturated heterocycles. The number of rotatable bonds is 2. The van der Waals surface area contributed by atoms with E-state index < -0.39 is 17.8 Å². The molecule has 128 valence electrons. The fourth-order valence-corrected chi connectivity index (χ4v) is 3.57. The number of carbonyl (C=O) groups is 1. The van der Waals surface area contributed by atoms with E-state index in [-0.39, 0.29) is 9.88 Å². The molecule has 8 heteroatoms. The Morgan fingerprint density at radius 1 is 1.12 bits per heavy atom. The number of piperazine rings is 1. The molecule has 1 aliphatic heterocycles. The van der Waals surface area contributed by atoms with Gasteiger partial charge in [-0.15, -0.1) is 11.3 Å². The van der Waals surface area contributed by atoms with E-state index in [1.165, 1.54) is 4.90 Å². The number of likely N-dealkylation sites (N-methyl/N-ethyl adjacent to an activating group) is 1. The maximum absolute atomic E-state index is 13.3. The molecule has 1 aromatic heterocycles. The minimum atomic E-state index is -4.65. The van der Waals surface area contributed by atoms with Crippen molar-refractivity contribution >= 4 is 17.2 Å². The number of aromatic nitrogens is 1. The number of benzene rings is 1. The highest BCUT2D eigenvalue weighted by molar-refractivity contribution is 7.17. The highest BCUT2D eigenvalue weighted by Gasteiger charge is 2.41. The van der Waals surface area contributed by atoms with Crippen molar-refractivity contribution in [2.75, 3.05) is 33.2 Å². The first-order valence-electron chi connectivity index (χ1n) is 7.47. The fraction of sp³-hybridized carbons (Fsp3) is 0.375. The topological polar surface area (TPSA) is 36.4 Å². The molecule has 0 saturated carbocycles. The van der Waals surface area contributed by atoms with Crippen molar-refractivity contribution in [2.45, 2.75) is 6.18 Å². The van der Waals surface area contributed by atoms with Crippen LogP contribution in [0.3, 0.4) is 0 Å². The number of hydrogen-bond acceptors (Lipinski definition) is 4. The number of hydrogen-bond donors (Lipinski definition) is 0. The molecule has 2 heterocycles. The van der Waals surface area contributed by atoms with Crippen molar-refractivity contribution in [1.29, 1.82) is 0 Å². The lowest BCUT2D eigenvalue weighted by Gasteiger charge is -2.32. The maximum Gasteiger partial charge on any atom is 0.435 e. The van der Waals surface area contributed by atoms with Crippen LogP contribution in [0.15, 0.2) is 30.3 Å². The zero-order valence-electron chi connectivity index (χ0n) is 13.0. The molecule has 3 rings (SSSR count). The van der Waals surface area contributed by atoms with E-state index in [2.05, 4.69) is 4.98 Å². The summed E-state index contributed by atoms with van der Waals surface area (Å²) in [7, 11) is 1.92. The lowest BCUT2D eigenvalue weighted by atomic mass is 10.2. The predicted octanol–water partition coefficient (Wildman–Crippen LogP) is 3.22. The molecule has 1 amide bonds. The average molecular weight is 355 g/mol. The summed E-state index contributed by atoms with van der Waals surface area (Å²) in [5.41, 5.74) is -0.513. The molecule has 24 heavy (non-hydrogen) atoms. The summed E-state index contributed by atoms with van der Waals surface area (Å²) < 4.78 is 40.0. The van der Waals surface area contributed by atoms with Crippen molar-refractivity contribution in [3.05, 3.63) is 40.9 Å². The van der Waals surface area contributed by atoms with Crippen LogP contribution in [0.25, 0.3) is 10.6 Å². The minimum absolute atomic E-state index is 0.209. The molecule has 0 bridgehead atoms. The molecule has 0 radical (unpaired) electrons. The van der Waals surface area contributed by atoms with Gasteiger partial charge in [-0.3, -0.25) is 4.79 Å². The summed E-state index contributed by atoms with van der Waals surface area (Å²) in [6.07, 6.45) is -4.65. The summed E-state index contributed by atoms with van der Waals surface area (Å²) in [5.74, 6) is -0.588. The normalized spacial score (nSPS) is 16.4. The van der Waals surface area contributed by atoms with Crippen LogP contribution in [0.1, 0.15) is 15.4 Å². The zero-order chi connectivity index (χ0) is 17.3. The van der Waals surface area contributed by atoms with Crippen LogP contribution in [-0.2, 0) is 6.18 Å². The van der Waals surface area contributed by atoms with E-state index in [0.717, 1.165) is 11.3 Å². The van der Waals surface area contributed by atoms with E-state index in [0.29, 0.717) is 31.7 Å². The molecule has 1 aromatic carbocycles. The van der Waals surface area contributed by atoms with Crippen molar-refractivity contribution in [3.8, 4) is 10.6 Å². The number of halogens is 3. The third-order valence-electron chi connectivity index (χ3n) is 3.90. The van der Waals surface area contributed by atoms with Crippen molar-refractivity contribution in [2.24, 2.45) is 0 Å². The molecule has 1 fully saturated rings. The van der Waals surface area contributed by atoms with E-state index >= 15 is 0 Å². The van der Waals surface area contributed by atoms with Gasteiger partial charge in [0.25, 0.3) is 5.91 Å². The number of thiazole rings is 1. The lowest BCUT2D eigenvalue weighted by Crippen LogP contribution is -2.47. The highest BCUT2D eigenvalue weighted by Crippen LogP contribution is 2.38. The second kappa shape index (κ2) is 6.52. The summed E-state index contributed by atoms with van der Waals surface area (Å²) >= 11 is 0.806. The number of alkyl halides is 3. The Hall–Kier alpha value is -1.93. The number of carbonyl (C=O) groups excluding carboxylic acids is 1. The van der Waals surface area contributed by atoms with Crippen LogP contribution in [0.4, 0.5) is 13.2 Å². The Bertz CT molecular complexity index is 722. The van der Waals surface area contributed by atoms with Crippen molar-refractivity contribution in [3.63, 3.8) is 0 Å². The first-order chi connectivity index (χ1) is 11.4. The summed E-state index contributed by atoms with van der Waals surface area (Å²) in [4.78, 5) is 19.5. The first-order valence-corrected chi connectivity index (χ1v) is 8.29. The molecule has 0 unspecified atom stereocenters. The Balaban J connectivity index is 1.97. The van der Waals surface area contributed by atoms with E-state index in [1.807, 2.05) is 11.9 Å². The van der Waals surface area contributed by atoms with E-state index in [4.69, 9.17) is 0 Å². The van der Waals surface area contributed by atoms with Crippen molar-refractivity contribution < 1.29 is 18.0 Å². The van der Waals surface area contributed by atoms with Gasteiger partial charge in [0.2, 0.25) is 0 Å². The summed E-state index contributed by atoms with van der Waals surface area (Å²) in [5, 5.41) is 0.209. The van der Waals surface area contributed by atoms with Crippen LogP contribution < -0.4 is 0 Å². The molecule has 4 nitrogen and oxygen atoms in total. The standard InChI is InChI=1S/C16H16F3N3OS/c1-21-7-9-22(10-8-21)15(23)12-13(16(17,18)19)20-14(24-12)11-5-3-2-4-6-11/h2-6H,7-10H2,1H3. The first kappa shape index (κ1) is 16.9. The van der Waals surface area contributed by atoms with Gasteiger partial charge in [-0.2, -0.15) is 13.2 Å². The third-order valence-corrected chi connectivity index (χ3v) is 4.99. The molecule has 0 atom stereocenters. The molecule has 0 spiro atoms. The Morgan fingerprint density at radius 3 is 2.33 bits per heavy atom. The van der Waals surface area contributed by atoms with Gasteiger partial charge in [-0.05, 0) is 7.05 Å². The van der Waals surface area contributed by atoms with Gasteiger partial charge in [0.1, 0.15) is 9.88 Å². The van der Waals surface area contributed by atoms with Gasteiger partial charge < -0.3 is 9.80 Å². The molecular formula is C16H16F3N3OS. The van der Waals surface area contributed by atoms with E-state index in [1.54, 1.807) is 30.3 Å². The summed E-state index contributed by atoms with van der Waals surface area (Å²) in [6, 6.07) is 8.60. The highest BCUT2D eigenvalue weighted by atomic mass is 32.1. The smallest absolute Gasteiger partial charge is 0.335 e. The van der Waals surface area contributed by atoms with Crippen LogP contribution >= 0.6 is 11.3 Å². The van der Waals surface area contributed by atoms with Crippen LogP contribution in [0, 0.1) is 0 Å². The molecule has 1 aliphatic rings. The Morgan fingerprint density at radius 2 is 1.75 bits per heavy atom. The van der Waals surface area contributed by atoms with Crippen LogP contribution in [-0.4, -0.2) is 53.9 Å². The van der Waals surface area contributed by atoms with Gasteiger partial charge in [0, 0.05) is 31.7 Å². The van der Waals surface area contributed by atoms with Gasteiger partial charge in [-0.1, -0.05) is 30.3 Å². The second-order valence-electron chi connectivity index (χ2n) is 5.66.